The molecule has 2 aliphatic heterocycles. The Kier molecular flexibility index (Phi) is 6.52. The first-order chi connectivity index (χ1) is 11.7. The van der Waals surface area contributed by atoms with Crippen molar-refractivity contribution in [2.45, 2.75) is 32.2 Å². The van der Waals surface area contributed by atoms with Crippen LogP contribution in [0.3, 0.4) is 0 Å². The number of likely N-dealkylation sites (tertiary alicyclic amines) is 1. The van der Waals surface area contributed by atoms with Crippen LogP contribution in [0.15, 0.2) is 24.3 Å². The molecule has 1 amide bonds. The van der Waals surface area contributed by atoms with Gasteiger partial charge in [-0.1, -0.05) is 36.6 Å². The summed E-state index contributed by atoms with van der Waals surface area (Å²) in [6.07, 6.45) is 4.87. The highest BCUT2D eigenvalue weighted by Crippen LogP contribution is 2.14. The summed E-state index contributed by atoms with van der Waals surface area (Å²) in [5.41, 5.74) is 1.26. The predicted molar refractivity (Wildman–Crippen MR) is 98.2 cm³/mol. The van der Waals surface area contributed by atoms with Gasteiger partial charge in [0, 0.05) is 50.8 Å². The standard InChI is InChI=1S/C19H28ClN3O/c20-18-7-5-6-17(14-18)15-21-10-12-22(13-11-21)16-19(24)23-8-3-1-2-4-9-23/h5-7,14H,1-4,8-13,15-16H2. The van der Waals surface area contributed by atoms with E-state index in [0.29, 0.717) is 12.5 Å². The van der Waals surface area contributed by atoms with Crippen LogP contribution in [0.1, 0.15) is 31.2 Å². The van der Waals surface area contributed by atoms with E-state index in [4.69, 9.17) is 11.6 Å². The summed E-state index contributed by atoms with van der Waals surface area (Å²) in [6, 6.07) is 8.09. The first-order valence-electron chi connectivity index (χ1n) is 9.18. The third kappa shape index (κ3) is 5.20. The maximum Gasteiger partial charge on any atom is 0.236 e. The van der Waals surface area contributed by atoms with Crippen molar-refractivity contribution in [2.75, 3.05) is 45.8 Å². The van der Waals surface area contributed by atoms with E-state index in [1.807, 2.05) is 18.2 Å². The molecule has 0 radical (unpaired) electrons. The van der Waals surface area contributed by atoms with Crippen molar-refractivity contribution in [3.8, 4) is 0 Å². The Bertz CT molecular complexity index is 535. The van der Waals surface area contributed by atoms with E-state index in [0.717, 1.165) is 50.8 Å². The van der Waals surface area contributed by atoms with E-state index in [1.54, 1.807) is 0 Å². The quantitative estimate of drug-likeness (QED) is 0.836. The van der Waals surface area contributed by atoms with Gasteiger partial charge >= 0.3 is 0 Å². The van der Waals surface area contributed by atoms with Crippen molar-refractivity contribution >= 4 is 17.5 Å². The Morgan fingerprint density at radius 3 is 2.25 bits per heavy atom. The molecule has 0 atom stereocenters. The Morgan fingerprint density at radius 2 is 1.58 bits per heavy atom. The minimum Gasteiger partial charge on any atom is -0.342 e. The normalized spacial score (nSPS) is 20.8. The summed E-state index contributed by atoms with van der Waals surface area (Å²) in [5.74, 6) is 0.320. The van der Waals surface area contributed by atoms with Crippen LogP contribution in [0.25, 0.3) is 0 Å². The van der Waals surface area contributed by atoms with Crippen LogP contribution < -0.4 is 0 Å². The van der Waals surface area contributed by atoms with Crippen LogP contribution in [0.4, 0.5) is 0 Å². The van der Waals surface area contributed by atoms with Gasteiger partial charge in [0.05, 0.1) is 6.54 Å². The van der Waals surface area contributed by atoms with Gasteiger partial charge in [-0.05, 0) is 30.5 Å². The van der Waals surface area contributed by atoms with Gasteiger partial charge in [0.2, 0.25) is 5.91 Å². The van der Waals surface area contributed by atoms with Gasteiger partial charge in [0.25, 0.3) is 0 Å². The smallest absolute Gasteiger partial charge is 0.236 e. The molecule has 24 heavy (non-hydrogen) atoms. The fraction of sp³-hybridized carbons (Fsp3) is 0.632. The molecule has 1 aromatic carbocycles. The van der Waals surface area contributed by atoms with E-state index >= 15 is 0 Å². The van der Waals surface area contributed by atoms with Crippen molar-refractivity contribution in [3.63, 3.8) is 0 Å². The second kappa shape index (κ2) is 8.84. The van der Waals surface area contributed by atoms with Crippen LogP contribution >= 0.6 is 11.6 Å². The second-order valence-electron chi connectivity index (χ2n) is 6.98. The number of benzene rings is 1. The van der Waals surface area contributed by atoms with E-state index in [1.165, 1.54) is 31.2 Å². The lowest BCUT2D eigenvalue weighted by atomic mass is 10.2. The molecule has 2 fully saturated rings. The summed E-state index contributed by atoms with van der Waals surface area (Å²) >= 11 is 6.06. The van der Waals surface area contributed by atoms with Crippen molar-refractivity contribution < 1.29 is 4.79 Å². The summed E-state index contributed by atoms with van der Waals surface area (Å²) in [4.78, 5) is 19.3. The van der Waals surface area contributed by atoms with Crippen LogP contribution in [0.2, 0.25) is 5.02 Å². The summed E-state index contributed by atoms with van der Waals surface area (Å²) in [6.45, 7) is 7.40. The van der Waals surface area contributed by atoms with Crippen molar-refractivity contribution in [3.05, 3.63) is 34.9 Å². The predicted octanol–water partition coefficient (Wildman–Crippen LogP) is 2.86. The minimum absolute atomic E-state index is 0.320. The lowest BCUT2D eigenvalue weighted by Gasteiger charge is -2.35. The average molecular weight is 350 g/mol. The molecule has 2 aliphatic rings. The molecule has 4 nitrogen and oxygen atoms in total. The van der Waals surface area contributed by atoms with Crippen LogP contribution in [0, 0.1) is 0 Å². The zero-order chi connectivity index (χ0) is 16.8. The third-order valence-electron chi connectivity index (χ3n) is 5.08. The maximum atomic E-state index is 12.5. The molecule has 3 rings (SSSR count). The fourth-order valence-corrected chi connectivity index (χ4v) is 3.82. The Morgan fingerprint density at radius 1 is 0.917 bits per heavy atom. The van der Waals surface area contributed by atoms with Gasteiger partial charge in [-0.15, -0.1) is 0 Å². The highest BCUT2D eigenvalue weighted by Gasteiger charge is 2.22. The van der Waals surface area contributed by atoms with E-state index in [-0.39, 0.29) is 0 Å². The van der Waals surface area contributed by atoms with E-state index in [2.05, 4.69) is 20.8 Å². The van der Waals surface area contributed by atoms with Crippen LogP contribution in [-0.2, 0) is 11.3 Å². The van der Waals surface area contributed by atoms with Crippen molar-refractivity contribution in [1.29, 1.82) is 0 Å². The molecule has 0 saturated carbocycles. The molecular formula is C19H28ClN3O. The molecule has 0 unspecified atom stereocenters. The second-order valence-corrected chi connectivity index (χ2v) is 7.41. The van der Waals surface area contributed by atoms with E-state index < -0.39 is 0 Å². The number of rotatable bonds is 4. The zero-order valence-electron chi connectivity index (χ0n) is 14.4. The monoisotopic (exact) mass is 349 g/mol. The zero-order valence-corrected chi connectivity index (χ0v) is 15.2. The lowest BCUT2D eigenvalue weighted by Crippen LogP contribution is -2.49. The molecule has 2 heterocycles. The number of hydrogen-bond acceptors (Lipinski definition) is 3. The maximum absolute atomic E-state index is 12.5. The largest absolute Gasteiger partial charge is 0.342 e. The Hall–Kier alpha value is -1.10. The molecule has 0 bridgehead atoms. The number of amides is 1. The lowest BCUT2D eigenvalue weighted by molar-refractivity contribution is -0.132. The summed E-state index contributed by atoms with van der Waals surface area (Å²) in [7, 11) is 0. The highest BCUT2D eigenvalue weighted by atomic mass is 35.5. The van der Waals surface area contributed by atoms with Crippen LogP contribution in [0.5, 0.6) is 0 Å². The molecular weight excluding hydrogens is 322 g/mol. The number of carbonyl (C=O) groups excluding carboxylic acids is 1. The molecule has 0 aromatic heterocycles. The number of carbonyl (C=O) groups is 1. The third-order valence-corrected chi connectivity index (χ3v) is 5.31. The van der Waals surface area contributed by atoms with Gasteiger partial charge in [0.15, 0.2) is 0 Å². The van der Waals surface area contributed by atoms with E-state index in [9.17, 15) is 4.79 Å². The molecule has 0 N–H and O–H groups in total. The molecule has 2 saturated heterocycles. The Balaban J connectivity index is 1.42. The number of nitrogens with zero attached hydrogens (tertiary/aromatic N) is 3. The number of piperazine rings is 1. The van der Waals surface area contributed by atoms with Crippen LogP contribution in [-0.4, -0.2) is 66.4 Å². The topological polar surface area (TPSA) is 26.8 Å². The summed E-state index contributed by atoms with van der Waals surface area (Å²) in [5, 5.41) is 0.800. The number of hydrogen-bond donors (Lipinski definition) is 0. The molecule has 0 aliphatic carbocycles. The van der Waals surface area contributed by atoms with Crippen molar-refractivity contribution in [2.24, 2.45) is 0 Å². The fourth-order valence-electron chi connectivity index (χ4n) is 3.61. The van der Waals surface area contributed by atoms with Crippen molar-refractivity contribution in [1.82, 2.24) is 14.7 Å². The minimum atomic E-state index is 0.320. The van der Waals surface area contributed by atoms with Gasteiger partial charge in [-0.2, -0.15) is 0 Å². The Labute approximate surface area is 150 Å². The molecule has 0 spiro atoms. The van der Waals surface area contributed by atoms with Gasteiger partial charge in [-0.3, -0.25) is 14.6 Å². The average Bonchev–Trinajstić information content (AvgIpc) is 2.86. The first kappa shape index (κ1) is 17.7. The SMILES string of the molecule is O=C(CN1CCN(Cc2cccc(Cl)c2)CC1)N1CCCCCC1. The van der Waals surface area contributed by atoms with Gasteiger partial charge in [-0.25, -0.2) is 0 Å². The molecule has 132 valence electrons. The molecule has 5 heteroatoms. The van der Waals surface area contributed by atoms with Gasteiger partial charge < -0.3 is 4.90 Å². The van der Waals surface area contributed by atoms with Gasteiger partial charge in [0.1, 0.15) is 0 Å². The highest BCUT2D eigenvalue weighted by molar-refractivity contribution is 6.30. The molecule has 1 aromatic rings. The first-order valence-corrected chi connectivity index (χ1v) is 9.55. The summed E-state index contributed by atoms with van der Waals surface area (Å²) < 4.78 is 0. The number of halogens is 1.